The van der Waals surface area contributed by atoms with E-state index in [1.165, 1.54) is 0 Å². The molecule has 0 fully saturated rings. The number of hydrogen-bond donors (Lipinski definition) is 0. The normalized spacial score (nSPS) is 20.3. The standard InChI is InChI=1S/C17H13N3O2/c21-16-13-5-1-2-6-14(13)22-17(12-4-3-7-18-10-12)15(16)20-9-8-19-11-20/h1-11,15,17H. The van der Waals surface area contributed by atoms with E-state index in [0.717, 1.165) is 5.56 Å². The van der Waals surface area contributed by atoms with Crippen molar-refractivity contribution in [3.8, 4) is 5.75 Å². The van der Waals surface area contributed by atoms with Gasteiger partial charge in [0, 0.05) is 30.4 Å². The average Bonchev–Trinajstić information content (AvgIpc) is 3.10. The summed E-state index contributed by atoms with van der Waals surface area (Å²) < 4.78 is 7.90. The number of Topliss-reactive ketones (excluding diaryl/α,β-unsaturated/α-hetero) is 1. The molecule has 1 aliphatic rings. The van der Waals surface area contributed by atoms with E-state index in [0.29, 0.717) is 11.3 Å². The van der Waals surface area contributed by atoms with E-state index in [2.05, 4.69) is 9.97 Å². The predicted octanol–water partition coefficient (Wildman–Crippen LogP) is 2.84. The lowest BCUT2D eigenvalue weighted by Gasteiger charge is -2.33. The second-order valence-electron chi connectivity index (χ2n) is 5.14. The van der Waals surface area contributed by atoms with Crippen molar-refractivity contribution in [3.05, 3.63) is 78.6 Å². The van der Waals surface area contributed by atoms with Crippen molar-refractivity contribution in [2.75, 3.05) is 0 Å². The highest BCUT2D eigenvalue weighted by atomic mass is 16.5. The van der Waals surface area contributed by atoms with E-state index in [4.69, 9.17) is 4.74 Å². The van der Waals surface area contributed by atoms with Gasteiger partial charge in [-0.25, -0.2) is 4.98 Å². The van der Waals surface area contributed by atoms with Crippen LogP contribution < -0.4 is 4.74 Å². The van der Waals surface area contributed by atoms with Crippen LogP contribution in [0.4, 0.5) is 0 Å². The number of ketones is 1. The fourth-order valence-corrected chi connectivity index (χ4v) is 2.79. The van der Waals surface area contributed by atoms with Crippen molar-refractivity contribution in [2.45, 2.75) is 12.1 Å². The Labute approximate surface area is 127 Å². The van der Waals surface area contributed by atoms with Gasteiger partial charge in [-0.3, -0.25) is 9.78 Å². The van der Waals surface area contributed by atoms with E-state index < -0.39 is 12.1 Å². The van der Waals surface area contributed by atoms with E-state index in [1.54, 1.807) is 41.7 Å². The Morgan fingerprint density at radius 3 is 2.73 bits per heavy atom. The van der Waals surface area contributed by atoms with Crippen molar-refractivity contribution in [3.63, 3.8) is 0 Å². The number of carbonyl (C=O) groups excluding carboxylic acids is 1. The van der Waals surface area contributed by atoms with Crippen LogP contribution in [0.3, 0.4) is 0 Å². The molecule has 1 aromatic carbocycles. The Balaban J connectivity index is 1.86. The van der Waals surface area contributed by atoms with Crippen LogP contribution in [0.2, 0.25) is 0 Å². The maximum atomic E-state index is 12.9. The van der Waals surface area contributed by atoms with Gasteiger partial charge in [0.05, 0.1) is 11.9 Å². The van der Waals surface area contributed by atoms with Crippen LogP contribution in [0, 0.1) is 0 Å². The molecule has 5 heteroatoms. The number of para-hydroxylation sites is 1. The summed E-state index contributed by atoms with van der Waals surface area (Å²) in [4.78, 5) is 21.1. The highest BCUT2D eigenvalue weighted by molar-refractivity contribution is 6.02. The van der Waals surface area contributed by atoms with E-state index in [1.807, 2.05) is 30.3 Å². The van der Waals surface area contributed by atoms with Gasteiger partial charge in [0.15, 0.2) is 11.9 Å². The fraction of sp³-hybridized carbons (Fsp3) is 0.118. The zero-order chi connectivity index (χ0) is 14.9. The summed E-state index contributed by atoms with van der Waals surface area (Å²) in [6.07, 6.45) is 8.09. The van der Waals surface area contributed by atoms with Crippen molar-refractivity contribution >= 4 is 5.78 Å². The Morgan fingerprint density at radius 1 is 1.05 bits per heavy atom. The van der Waals surface area contributed by atoms with Gasteiger partial charge >= 0.3 is 0 Å². The van der Waals surface area contributed by atoms with Crippen molar-refractivity contribution in [2.24, 2.45) is 0 Å². The highest BCUT2D eigenvalue weighted by Gasteiger charge is 2.39. The van der Waals surface area contributed by atoms with E-state index >= 15 is 0 Å². The third-order valence-electron chi connectivity index (χ3n) is 3.82. The first kappa shape index (κ1) is 12.8. The van der Waals surface area contributed by atoms with Gasteiger partial charge in [0.1, 0.15) is 11.8 Å². The number of rotatable bonds is 2. The number of imidazole rings is 1. The number of carbonyl (C=O) groups is 1. The third kappa shape index (κ3) is 1.98. The Morgan fingerprint density at radius 2 is 1.95 bits per heavy atom. The molecule has 0 saturated carbocycles. The number of nitrogens with zero attached hydrogens (tertiary/aromatic N) is 3. The zero-order valence-electron chi connectivity index (χ0n) is 11.7. The zero-order valence-corrected chi connectivity index (χ0v) is 11.7. The molecule has 0 spiro atoms. The molecule has 0 bridgehead atoms. The summed E-state index contributed by atoms with van der Waals surface area (Å²) in [5.74, 6) is 0.631. The van der Waals surface area contributed by atoms with Gasteiger partial charge in [0.25, 0.3) is 0 Å². The maximum Gasteiger partial charge on any atom is 0.193 e. The summed E-state index contributed by atoms with van der Waals surface area (Å²) in [6, 6.07) is 10.6. The van der Waals surface area contributed by atoms with E-state index in [9.17, 15) is 4.79 Å². The molecule has 2 atom stereocenters. The molecule has 5 nitrogen and oxygen atoms in total. The Hall–Kier alpha value is -2.95. The SMILES string of the molecule is O=C1c2ccccc2OC(c2cccnc2)C1n1ccnc1. The highest BCUT2D eigenvalue weighted by Crippen LogP contribution is 2.40. The second kappa shape index (κ2) is 5.11. The van der Waals surface area contributed by atoms with Gasteiger partial charge < -0.3 is 9.30 Å². The minimum atomic E-state index is -0.485. The van der Waals surface area contributed by atoms with Crippen LogP contribution in [-0.4, -0.2) is 20.3 Å². The number of benzene rings is 1. The number of pyridine rings is 1. The maximum absolute atomic E-state index is 12.9. The summed E-state index contributed by atoms with van der Waals surface area (Å²) in [7, 11) is 0. The summed E-state index contributed by atoms with van der Waals surface area (Å²) in [6.45, 7) is 0. The molecule has 108 valence electrons. The molecule has 0 radical (unpaired) electrons. The Kier molecular flexibility index (Phi) is 2.96. The first-order valence-corrected chi connectivity index (χ1v) is 7.02. The molecule has 4 rings (SSSR count). The lowest BCUT2D eigenvalue weighted by molar-refractivity contribution is 0.0676. The van der Waals surface area contributed by atoms with Crippen LogP contribution in [0.25, 0.3) is 0 Å². The molecular formula is C17H13N3O2. The molecule has 3 aromatic rings. The molecule has 0 aliphatic carbocycles. The van der Waals surface area contributed by atoms with Crippen LogP contribution >= 0.6 is 0 Å². The fourth-order valence-electron chi connectivity index (χ4n) is 2.79. The quantitative estimate of drug-likeness (QED) is 0.728. The topological polar surface area (TPSA) is 57.0 Å². The number of aromatic nitrogens is 3. The third-order valence-corrected chi connectivity index (χ3v) is 3.82. The summed E-state index contributed by atoms with van der Waals surface area (Å²) >= 11 is 0. The van der Waals surface area contributed by atoms with E-state index in [-0.39, 0.29) is 5.78 Å². The van der Waals surface area contributed by atoms with Crippen molar-refractivity contribution in [1.29, 1.82) is 0 Å². The molecule has 0 N–H and O–H groups in total. The monoisotopic (exact) mass is 291 g/mol. The number of ether oxygens (including phenoxy) is 1. The van der Waals surface area contributed by atoms with Gasteiger partial charge in [-0.15, -0.1) is 0 Å². The Bertz CT molecular complexity index is 800. The smallest absolute Gasteiger partial charge is 0.193 e. The summed E-state index contributed by atoms with van der Waals surface area (Å²) in [5.41, 5.74) is 1.46. The van der Waals surface area contributed by atoms with Crippen molar-refractivity contribution < 1.29 is 9.53 Å². The van der Waals surface area contributed by atoms with Gasteiger partial charge in [0.2, 0.25) is 0 Å². The minimum Gasteiger partial charge on any atom is -0.482 e. The molecular weight excluding hydrogens is 278 g/mol. The van der Waals surface area contributed by atoms with Crippen LogP contribution in [0.1, 0.15) is 28.1 Å². The largest absolute Gasteiger partial charge is 0.482 e. The van der Waals surface area contributed by atoms with Gasteiger partial charge in [-0.05, 0) is 18.2 Å². The van der Waals surface area contributed by atoms with Crippen LogP contribution in [0.5, 0.6) is 5.75 Å². The lowest BCUT2D eigenvalue weighted by atomic mass is 9.92. The second-order valence-corrected chi connectivity index (χ2v) is 5.14. The van der Waals surface area contributed by atoms with Crippen LogP contribution in [0.15, 0.2) is 67.5 Å². The lowest BCUT2D eigenvalue weighted by Crippen LogP contribution is -2.33. The summed E-state index contributed by atoms with van der Waals surface area (Å²) in [5, 5.41) is 0. The van der Waals surface area contributed by atoms with Crippen LogP contribution in [-0.2, 0) is 0 Å². The number of fused-ring (bicyclic) bond motifs is 1. The van der Waals surface area contributed by atoms with Crippen molar-refractivity contribution in [1.82, 2.24) is 14.5 Å². The minimum absolute atomic E-state index is 0.0219. The molecule has 0 saturated heterocycles. The molecule has 1 aliphatic heterocycles. The molecule has 22 heavy (non-hydrogen) atoms. The predicted molar refractivity (Wildman–Crippen MR) is 79.6 cm³/mol. The first-order chi connectivity index (χ1) is 10.8. The number of hydrogen-bond acceptors (Lipinski definition) is 4. The average molecular weight is 291 g/mol. The first-order valence-electron chi connectivity index (χ1n) is 7.02. The molecule has 2 unspecified atom stereocenters. The van der Waals surface area contributed by atoms with Gasteiger partial charge in [-0.1, -0.05) is 18.2 Å². The molecule has 3 heterocycles. The molecule has 0 amide bonds. The van der Waals surface area contributed by atoms with Gasteiger partial charge in [-0.2, -0.15) is 0 Å². The molecule has 2 aromatic heterocycles.